The number of Topliss-reactive ketones (excluding diaryl/α,β-unsaturated/α-hetero) is 1. The third-order valence-corrected chi connectivity index (χ3v) is 5.46. The second-order valence-electron chi connectivity index (χ2n) is 7.06. The van der Waals surface area contributed by atoms with E-state index in [4.69, 9.17) is 4.74 Å². The molecule has 0 N–H and O–H groups in total. The van der Waals surface area contributed by atoms with E-state index >= 15 is 0 Å². The minimum absolute atomic E-state index is 0.0531. The lowest BCUT2D eigenvalue weighted by molar-refractivity contribution is -0.137. The number of nitrogens with zero attached hydrogens (tertiary/aromatic N) is 1. The van der Waals surface area contributed by atoms with Crippen molar-refractivity contribution in [2.75, 3.05) is 20.2 Å². The second kappa shape index (κ2) is 7.82. The van der Waals surface area contributed by atoms with Crippen LogP contribution in [-0.2, 0) is 9.59 Å². The van der Waals surface area contributed by atoms with Gasteiger partial charge in [-0.25, -0.2) is 0 Å². The summed E-state index contributed by atoms with van der Waals surface area (Å²) in [7, 11) is 1.68. The van der Waals surface area contributed by atoms with Crippen LogP contribution in [0.4, 0.5) is 0 Å². The van der Waals surface area contributed by atoms with Gasteiger partial charge in [0.05, 0.1) is 7.11 Å². The van der Waals surface area contributed by atoms with Crippen molar-refractivity contribution in [3.63, 3.8) is 0 Å². The molecule has 0 aromatic heterocycles. The predicted molar refractivity (Wildman–Crippen MR) is 93.1 cm³/mol. The molecule has 4 nitrogen and oxygen atoms in total. The number of amides is 1. The quantitative estimate of drug-likeness (QED) is 0.852. The van der Waals surface area contributed by atoms with Gasteiger partial charge in [0, 0.05) is 37.8 Å². The van der Waals surface area contributed by atoms with E-state index in [0.717, 1.165) is 50.9 Å². The summed E-state index contributed by atoms with van der Waals surface area (Å²) in [6, 6.07) is 8.24. The van der Waals surface area contributed by atoms with Crippen molar-refractivity contribution in [3.8, 4) is 5.75 Å². The second-order valence-corrected chi connectivity index (χ2v) is 7.06. The zero-order chi connectivity index (χ0) is 16.9. The Morgan fingerprint density at radius 1 is 1.08 bits per heavy atom. The molecule has 1 amide bonds. The van der Waals surface area contributed by atoms with Gasteiger partial charge in [0.25, 0.3) is 0 Å². The van der Waals surface area contributed by atoms with Crippen molar-refractivity contribution in [2.24, 2.45) is 5.92 Å². The fourth-order valence-corrected chi connectivity index (χ4v) is 3.94. The molecule has 2 fully saturated rings. The first kappa shape index (κ1) is 17.0. The van der Waals surface area contributed by atoms with Crippen molar-refractivity contribution < 1.29 is 14.3 Å². The van der Waals surface area contributed by atoms with E-state index in [1.807, 2.05) is 12.1 Å². The van der Waals surface area contributed by atoms with Gasteiger partial charge >= 0.3 is 0 Å². The van der Waals surface area contributed by atoms with E-state index in [1.165, 1.54) is 5.56 Å². The number of methoxy groups -OCH3 is 1. The number of ketones is 1. The van der Waals surface area contributed by atoms with Crippen LogP contribution < -0.4 is 4.74 Å². The molecule has 1 aromatic carbocycles. The zero-order valence-corrected chi connectivity index (χ0v) is 14.5. The van der Waals surface area contributed by atoms with E-state index < -0.39 is 0 Å². The largest absolute Gasteiger partial charge is 0.497 e. The smallest absolute Gasteiger partial charge is 0.225 e. The number of ether oxygens (including phenoxy) is 1. The molecule has 4 heteroatoms. The molecule has 1 saturated heterocycles. The van der Waals surface area contributed by atoms with Crippen LogP contribution in [0.3, 0.4) is 0 Å². The lowest BCUT2D eigenvalue weighted by atomic mass is 9.87. The summed E-state index contributed by atoms with van der Waals surface area (Å²) in [4.78, 5) is 26.4. The molecule has 1 heterocycles. The van der Waals surface area contributed by atoms with Gasteiger partial charge < -0.3 is 9.64 Å². The van der Waals surface area contributed by atoms with Crippen LogP contribution in [0.2, 0.25) is 0 Å². The standard InChI is InChI=1S/C20H27NO3/c1-24-19-11-7-15(8-12-19)17-4-2-3-13-21(14-17)20(23)16-5-9-18(22)10-6-16/h7-8,11-12,16-17H,2-6,9-10,13-14H2,1H3. The molecule has 1 aliphatic heterocycles. The van der Waals surface area contributed by atoms with Crippen LogP contribution in [0.15, 0.2) is 24.3 Å². The van der Waals surface area contributed by atoms with Crippen molar-refractivity contribution >= 4 is 11.7 Å². The molecule has 24 heavy (non-hydrogen) atoms. The number of carbonyl (C=O) groups is 2. The van der Waals surface area contributed by atoms with Gasteiger partial charge in [-0.05, 0) is 43.4 Å². The number of rotatable bonds is 3. The molecule has 130 valence electrons. The highest BCUT2D eigenvalue weighted by molar-refractivity contribution is 5.84. The third-order valence-electron chi connectivity index (χ3n) is 5.46. The van der Waals surface area contributed by atoms with Gasteiger partial charge in [-0.1, -0.05) is 18.6 Å². The first-order valence-electron chi connectivity index (χ1n) is 9.12. The Labute approximate surface area is 144 Å². The minimum atomic E-state index is 0.0531. The highest BCUT2D eigenvalue weighted by atomic mass is 16.5. The molecular weight excluding hydrogens is 302 g/mol. The molecule has 2 aliphatic rings. The number of carbonyl (C=O) groups excluding carboxylic acids is 2. The topological polar surface area (TPSA) is 46.6 Å². The summed E-state index contributed by atoms with van der Waals surface area (Å²) in [6.45, 7) is 1.66. The number of likely N-dealkylation sites (tertiary alicyclic amines) is 1. The molecule has 0 spiro atoms. The summed E-state index contributed by atoms with van der Waals surface area (Å²) in [5.74, 6) is 1.89. The van der Waals surface area contributed by atoms with Gasteiger partial charge in [0.1, 0.15) is 11.5 Å². The van der Waals surface area contributed by atoms with Crippen LogP contribution in [0.25, 0.3) is 0 Å². The first-order valence-corrected chi connectivity index (χ1v) is 9.12. The average Bonchev–Trinajstić information content (AvgIpc) is 2.88. The Bertz CT molecular complexity index is 571. The third kappa shape index (κ3) is 3.97. The molecule has 3 rings (SSSR count). The molecule has 0 bridgehead atoms. The van der Waals surface area contributed by atoms with Gasteiger partial charge in [0.15, 0.2) is 0 Å². The van der Waals surface area contributed by atoms with Gasteiger partial charge in [-0.3, -0.25) is 9.59 Å². The van der Waals surface area contributed by atoms with E-state index in [9.17, 15) is 9.59 Å². The molecule has 1 atom stereocenters. The monoisotopic (exact) mass is 329 g/mol. The average molecular weight is 329 g/mol. The van der Waals surface area contributed by atoms with Crippen LogP contribution in [0, 0.1) is 5.92 Å². The Morgan fingerprint density at radius 2 is 1.79 bits per heavy atom. The summed E-state index contributed by atoms with van der Waals surface area (Å²) in [5, 5.41) is 0. The van der Waals surface area contributed by atoms with E-state index in [0.29, 0.717) is 24.5 Å². The molecular formula is C20H27NO3. The molecule has 1 aromatic rings. The molecule has 1 unspecified atom stereocenters. The normalized spacial score (nSPS) is 23.0. The highest BCUT2D eigenvalue weighted by Crippen LogP contribution is 2.30. The Kier molecular flexibility index (Phi) is 5.54. The van der Waals surface area contributed by atoms with Crippen molar-refractivity contribution in [3.05, 3.63) is 29.8 Å². The van der Waals surface area contributed by atoms with Gasteiger partial charge in [-0.2, -0.15) is 0 Å². The van der Waals surface area contributed by atoms with E-state index in [2.05, 4.69) is 17.0 Å². The number of hydrogen-bond donors (Lipinski definition) is 0. The highest BCUT2D eigenvalue weighted by Gasteiger charge is 2.30. The van der Waals surface area contributed by atoms with E-state index in [1.54, 1.807) is 7.11 Å². The fourth-order valence-electron chi connectivity index (χ4n) is 3.94. The van der Waals surface area contributed by atoms with Crippen molar-refractivity contribution in [1.29, 1.82) is 0 Å². The molecule has 1 aliphatic carbocycles. The van der Waals surface area contributed by atoms with E-state index in [-0.39, 0.29) is 11.8 Å². The summed E-state index contributed by atoms with van der Waals surface area (Å²) in [5.41, 5.74) is 1.29. The van der Waals surface area contributed by atoms with Crippen molar-refractivity contribution in [1.82, 2.24) is 4.90 Å². The van der Waals surface area contributed by atoms with Gasteiger partial charge in [-0.15, -0.1) is 0 Å². The summed E-state index contributed by atoms with van der Waals surface area (Å²) in [6.07, 6.45) is 5.98. The van der Waals surface area contributed by atoms with Crippen molar-refractivity contribution in [2.45, 2.75) is 50.9 Å². The Morgan fingerprint density at radius 3 is 2.46 bits per heavy atom. The maximum Gasteiger partial charge on any atom is 0.225 e. The van der Waals surface area contributed by atoms with Crippen LogP contribution >= 0.6 is 0 Å². The van der Waals surface area contributed by atoms with Crippen LogP contribution in [0.5, 0.6) is 5.75 Å². The van der Waals surface area contributed by atoms with Crippen LogP contribution in [-0.4, -0.2) is 36.8 Å². The zero-order valence-electron chi connectivity index (χ0n) is 14.5. The SMILES string of the molecule is COc1ccc(C2CCCCN(C(=O)C3CCC(=O)CC3)C2)cc1. The summed E-state index contributed by atoms with van der Waals surface area (Å²) < 4.78 is 5.24. The number of benzene rings is 1. The summed E-state index contributed by atoms with van der Waals surface area (Å²) >= 11 is 0. The first-order chi connectivity index (χ1) is 11.7. The van der Waals surface area contributed by atoms with Gasteiger partial charge in [0.2, 0.25) is 5.91 Å². The van der Waals surface area contributed by atoms with Crippen LogP contribution in [0.1, 0.15) is 56.4 Å². The lowest BCUT2D eigenvalue weighted by Gasteiger charge is -2.30. The Hall–Kier alpha value is -1.84. The maximum absolute atomic E-state index is 12.9. The number of hydrogen-bond acceptors (Lipinski definition) is 3. The lowest BCUT2D eigenvalue weighted by Crippen LogP contribution is -2.39. The fraction of sp³-hybridized carbons (Fsp3) is 0.600. The Balaban J connectivity index is 1.67. The maximum atomic E-state index is 12.9. The predicted octanol–water partition coefficient (Wildman–Crippen LogP) is 3.55. The minimum Gasteiger partial charge on any atom is -0.497 e. The molecule has 1 saturated carbocycles. The molecule has 0 radical (unpaired) electrons.